The molecule has 0 aromatic carbocycles. The molecule has 1 aliphatic heterocycles. The number of hydrogen-bond acceptors (Lipinski definition) is 5. The van der Waals surface area contributed by atoms with Crippen molar-refractivity contribution in [3.8, 4) is 5.88 Å². The van der Waals surface area contributed by atoms with Crippen molar-refractivity contribution in [1.82, 2.24) is 15.3 Å². The van der Waals surface area contributed by atoms with Gasteiger partial charge in [-0.3, -0.25) is 0 Å². The molecule has 17 heavy (non-hydrogen) atoms. The van der Waals surface area contributed by atoms with Crippen molar-refractivity contribution in [2.45, 2.75) is 20.3 Å². The van der Waals surface area contributed by atoms with Gasteiger partial charge >= 0.3 is 0 Å². The number of piperazine rings is 1. The van der Waals surface area contributed by atoms with Gasteiger partial charge in [-0.25, -0.2) is 4.98 Å². The van der Waals surface area contributed by atoms with Gasteiger partial charge in [-0.05, 0) is 13.3 Å². The van der Waals surface area contributed by atoms with E-state index in [4.69, 9.17) is 4.74 Å². The molecular weight excluding hydrogens is 216 g/mol. The van der Waals surface area contributed by atoms with E-state index in [0.29, 0.717) is 12.5 Å². The molecule has 1 aromatic rings. The van der Waals surface area contributed by atoms with Gasteiger partial charge in [-0.15, -0.1) is 0 Å². The van der Waals surface area contributed by atoms with Gasteiger partial charge in [0.1, 0.15) is 11.6 Å². The van der Waals surface area contributed by atoms with E-state index in [1.165, 1.54) is 0 Å². The molecular formula is C12H20N4O. The standard InChI is InChI=1S/C12H20N4O/c1-3-8-17-12-9-11(14-10(2)15-12)16-6-4-13-5-7-16/h9,13H,3-8H2,1-2H3. The molecule has 1 saturated heterocycles. The highest BCUT2D eigenvalue weighted by Crippen LogP contribution is 2.18. The van der Waals surface area contributed by atoms with Crippen LogP contribution >= 0.6 is 0 Å². The minimum atomic E-state index is 0.688. The topological polar surface area (TPSA) is 50.3 Å². The normalized spacial score (nSPS) is 16.0. The Hall–Kier alpha value is -1.36. The minimum Gasteiger partial charge on any atom is -0.478 e. The van der Waals surface area contributed by atoms with Crippen LogP contribution in [0.25, 0.3) is 0 Å². The summed E-state index contributed by atoms with van der Waals surface area (Å²) < 4.78 is 5.57. The molecule has 0 saturated carbocycles. The van der Waals surface area contributed by atoms with E-state index in [1.54, 1.807) is 0 Å². The van der Waals surface area contributed by atoms with Crippen LogP contribution < -0.4 is 15.0 Å². The summed E-state index contributed by atoms with van der Waals surface area (Å²) >= 11 is 0. The third-order valence-electron chi connectivity index (χ3n) is 2.70. The highest BCUT2D eigenvalue weighted by molar-refractivity contribution is 5.42. The van der Waals surface area contributed by atoms with Crippen LogP contribution in [-0.4, -0.2) is 42.8 Å². The van der Waals surface area contributed by atoms with E-state index >= 15 is 0 Å². The smallest absolute Gasteiger partial charge is 0.218 e. The fourth-order valence-corrected chi connectivity index (χ4v) is 1.86. The SMILES string of the molecule is CCCOc1cc(N2CCNCC2)nc(C)n1. The van der Waals surface area contributed by atoms with Crippen LogP contribution in [0.2, 0.25) is 0 Å². The summed E-state index contributed by atoms with van der Waals surface area (Å²) in [5, 5.41) is 3.33. The Morgan fingerprint density at radius 1 is 1.35 bits per heavy atom. The van der Waals surface area contributed by atoms with E-state index in [0.717, 1.165) is 44.2 Å². The summed E-state index contributed by atoms with van der Waals surface area (Å²) in [5.74, 6) is 2.44. The second-order valence-electron chi connectivity index (χ2n) is 4.20. The Balaban J connectivity index is 2.12. The van der Waals surface area contributed by atoms with Crippen molar-refractivity contribution < 1.29 is 4.74 Å². The van der Waals surface area contributed by atoms with Crippen molar-refractivity contribution in [3.05, 3.63) is 11.9 Å². The summed E-state index contributed by atoms with van der Waals surface area (Å²) in [6.45, 7) is 8.70. The molecule has 0 aliphatic carbocycles. The Labute approximate surface area is 102 Å². The second-order valence-corrected chi connectivity index (χ2v) is 4.20. The van der Waals surface area contributed by atoms with Crippen LogP contribution in [0.3, 0.4) is 0 Å². The number of nitrogens with one attached hydrogen (secondary N) is 1. The van der Waals surface area contributed by atoms with Gasteiger partial charge in [0.05, 0.1) is 6.61 Å². The lowest BCUT2D eigenvalue weighted by Crippen LogP contribution is -2.44. The van der Waals surface area contributed by atoms with E-state index in [2.05, 4.69) is 27.1 Å². The number of nitrogens with zero attached hydrogens (tertiary/aromatic N) is 3. The predicted octanol–water partition coefficient (Wildman–Crippen LogP) is 0.983. The largest absolute Gasteiger partial charge is 0.478 e. The first-order chi connectivity index (χ1) is 8.29. The number of aryl methyl sites for hydroxylation is 1. The molecule has 1 N–H and O–H groups in total. The third-order valence-corrected chi connectivity index (χ3v) is 2.70. The first-order valence-corrected chi connectivity index (χ1v) is 6.23. The lowest BCUT2D eigenvalue weighted by atomic mass is 10.3. The first kappa shape index (κ1) is 12.1. The van der Waals surface area contributed by atoms with Crippen LogP contribution in [0.1, 0.15) is 19.2 Å². The number of aromatic nitrogens is 2. The predicted molar refractivity (Wildman–Crippen MR) is 67.6 cm³/mol. The number of hydrogen-bond donors (Lipinski definition) is 1. The Bertz CT molecular complexity index is 364. The molecule has 2 heterocycles. The molecule has 0 atom stereocenters. The molecule has 0 radical (unpaired) electrons. The Morgan fingerprint density at radius 3 is 2.82 bits per heavy atom. The molecule has 0 amide bonds. The monoisotopic (exact) mass is 236 g/mol. The molecule has 0 bridgehead atoms. The van der Waals surface area contributed by atoms with E-state index < -0.39 is 0 Å². The van der Waals surface area contributed by atoms with Crippen molar-refractivity contribution in [3.63, 3.8) is 0 Å². The molecule has 94 valence electrons. The van der Waals surface area contributed by atoms with Crippen molar-refractivity contribution >= 4 is 5.82 Å². The van der Waals surface area contributed by atoms with Gasteiger partial charge in [0.15, 0.2) is 0 Å². The molecule has 1 fully saturated rings. The van der Waals surface area contributed by atoms with Gasteiger partial charge in [0, 0.05) is 32.2 Å². The van der Waals surface area contributed by atoms with Crippen LogP contribution in [0, 0.1) is 6.92 Å². The third kappa shape index (κ3) is 3.30. The maximum atomic E-state index is 5.57. The molecule has 5 nitrogen and oxygen atoms in total. The highest BCUT2D eigenvalue weighted by atomic mass is 16.5. The number of ether oxygens (including phenoxy) is 1. The van der Waals surface area contributed by atoms with Gasteiger partial charge in [-0.1, -0.05) is 6.92 Å². The van der Waals surface area contributed by atoms with E-state index in [-0.39, 0.29) is 0 Å². The van der Waals surface area contributed by atoms with Crippen LogP contribution in [0.15, 0.2) is 6.07 Å². The maximum Gasteiger partial charge on any atom is 0.218 e. The van der Waals surface area contributed by atoms with Crippen molar-refractivity contribution in [2.75, 3.05) is 37.7 Å². The Kier molecular flexibility index (Phi) is 4.14. The molecule has 1 aliphatic rings. The Morgan fingerprint density at radius 2 is 2.12 bits per heavy atom. The van der Waals surface area contributed by atoms with E-state index in [9.17, 15) is 0 Å². The average Bonchev–Trinajstić information content (AvgIpc) is 2.37. The second kappa shape index (κ2) is 5.82. The molecule has 5 heteroatoms. The van der Waals surface area contributed by atoms with Crippen LogP contribution in [0.4, 0.5) is 5.82 Å². The van der Waals surface area contributed by atoms with Gasteiger partial charge in [0.2, 0.25) is 5.88 Å². The molecule has 1 aromatic heterocycles. The van der Waals surface area contributed by atoms with Gasteiger partial charge in [0.25, 0.3) is 0 Å². The van der Waals surface area contributed by atoms with E-state index in [1.807, 2.05) is 13.0 Å². The highest BCUT2D eigenvalue weighted by Gasteiger charge is 2.13. The zero-order valence-corrected chi connectivity index (χ0v) is 10.6. The van der Waals surface area contributed by atoms with Gasteiger partial charge in [-0.2, -0.15) is 4.98 Å². The average molecular weight is 236 g/mol. The van der Waals surface area contributed by atoms with Crippen molar-refractivity contribution in [1.29, 1.82) is 0 Å². The molecule has 0 unspecified atom stereocenters. The minimum absolute atomic E-state index is 0.688. The zero-order valence-electron chi connectivity index (χ0n) is 10.6. The fourth-order valence-electron chi connectivity index (χ4n) is 1.86. The van der Waals surface area contributed by atoms with Gasteiger partial charge < -0.3 is 15.0 Å². The number of anilines is 1. The fraction of sp³-hybridized carbons (Fsp3) is 0.667. The summed E-state index contributed by atoms with van der Waals surface area (Å²) in [6.07, 6.45) is 0.992. The summed E-state index contributed by atoms with van der Waals surface area (Å²) in [6, 6.07) is 1.94. The summed E-state index contributed by atoms with van der Waals surface area (Å²) in [7, 11) is 0. The number of rotatable bonds is 4. The van der Waals surface area contributed by atoms with Crippen LogP contribution in [0.5, 0.6) is 5.88 Å². The summed E-state index contributed by atoms with van der Waals surface area (Å²) in [4.78, 5) is 11.0. The summed E-state index contributed by atoms with van der Waals surface area (Å²) in [5.41, 5.74) is 0. The zero-order chi connectivity index (χ0) is 12.1. The maximum absolute atomic E-state index is 5.57. The molecule has 2 rings (SSSR count). The first-order valence-electron chi connectivity index (χ1n) is 6.23. The quantitative estimate of drug-likeness (QED) is 0.844. The van der Waals surface area contributed by atoms with Crippen molar-refractivity contribution in [2.24, 2.45) is 0 Å². The van der Waals surface area contributed by atoms with Crippen LogP contribution in [-0.2, 0) is 0 Å². The lowest BCUT2D eigenvalue weighted by Gasteiger charge is -2.28. The molecule has 0 spiro atoms. The lowest BCUT2D eigenvalue weighted by molar-refractivity contribution is 0.304.